The summed E-state index contributed by atoms with van der Waals surface area (Å²) in [5.74, 6) is 1.33. The van der Waals surface area contributed by atoms with Crippen LogP contribution in [-0.2, 0) is 9.53 Å². The van der Waals surface area contributed by atoms with Crippen LogP contribution in [0, 0.1) is 17.8 Å². The molecule has 0 saturated heterocycles. The molecule has 2 aromatic carbocycles. The Morgan fingerprint density at radius 3 is 2.59 bits per heavy atom. The number of hydrogen-bond acceptors (Lipinski definition) is 5. The van der Waals surface area contributed by atoms with Gasteiger partial charge in [0.2, 0.25) is 0 Å². The molecule has 5 nitrogen and oxygen atoms in total. The molecule has 168 valence electrons. The largest absolute Gasteiger partial charge is 0.461 e. The highest BCUT2D eigenvalue weighted by Crippen LogP contribution is 2.35. The Labute approximate surface area is 193 Å². The second kappa shape index (κ2) is 9.90. The number of hydrogen-bond donors (Lipinski definition) is 0. The van der Waals surface area contributed by atoms with Gasteiger partial charge in [0.15, 0.2) is 5.16 Å². The Balaban J connectivity index is 1.57. The highest BCUT2D eigenvalue weighted by atomic mass is 32.2. The number of thioether (sulfide) groups is 1. The quantitative estimate of drug-likeness (QED) is 0.283. The van der Waals surface area contributed by atoms with Gasteiger partial charge in [-0.3, -0.25) is 14.2 Å². The summed E-state index contributed by atoms with van der Waals surface area (Å²) in [5, 5.41) is 1.05. The molecule has 3 aromatic rings. The smallest absolute Gasteiger partial charge is 0.316 e. The van der Waals surface area contributed by atoms with E-state index < -0.39 is 0 Å². The molecule has 1 aliphatic carbocycles. The van der Waals surface area contributed by atoms with Gasteiger partial charge in [-0.05, 0) is 54.9 Å². The zero-order valence-corrected chi connectivity index (χ0v) is 19.7. The second-order valence-electron chi connectivity index (χ2n) is 9.03. The molecule has 0 N–H and O–H groups in total. The predicted molar refractivity (Wildman–Crippen MR) is 129 cm³/mol. The SMILES string of the molecule is CC(C)[C@@H]1CC[C@@H](C)C[C@H]1OC(=O)CSc1nc2ccccc2c(=O)n1-c1ccccc1. The summed E-state index contributed by atoms with van der Waals surface area (Å²) in [6, 6.07) is 16.7. The number of nitrogens with zero attached hydrogens (tertiary/aromatic N) is 2. The Morgan fingerprint density at radius 1 is 1.12 bits per heavy atom. The van der Waals surface area contributed by atoms with Crippen LogP contribution in [0.25, 0.3) is 16.6 Å². The van der Waals surface area contributed by atoms with E-state index in [0.29, 0.717) is 33.8 Å². The highest BCUT2D eigenvalue weighted by Gasteiger charge is 2.33. The summed E-state index contributed by atoms with van der Waals surface area (Å²) in [7, 11) is 0. The average Bonchev–Trinajstić information content (AvgIpc) is 2.78. The van der Waals surface area contributed by atoms with Gasteiger partial charge in [-0.15, -0.1) is 0 Å². The monoisotopic (exact) mass is 450 g/mol. The molecule has 1 fully saturated rings. The summed E-state index contributed by atoms with van der Waals surface area (Å²) in [5.41, 5.74) is 1.22. The van der Waals surface area contributed by atoms with E-state index in [4.69, 9.17) is 9.72 Å². The lowest BCUT2D eigenvalue weighted by atomic mass is 9.75. The number of esters is 1. The zero-order valence-electron chi connectivity index (χ0n) is 18.9. The number of benzene rings is 2. The number of carbonyl (C=O) groups is 1. The maximum absolute atomic E-state index is 13.3. The Hall–Kier alpha value is -2.60. The molecular weight excluding hydrogens is 420 g/mol. The molecule has 1 aliphatic rings. The van der Waals surface area contributed by atoms with Crippen molar-refractivity contribution in [3.8, 4) is 5.69 Å². The molecule has 1 saturated carbocycles. The molecule has 4 rings (SSSR count). The minimum absolute atomic E-state index is 0.0345. The molecule has 0 bridgehead atoms. The zero-order chi connectivity index (χ0) is 22.7. The van der Waals surface area contributed by atoms with Crippen molar-refractivity contribution in [3.63, 3.8) is 0 Å². The molecule has 0 radical (unpaired) electrons. The lowest BCUT2D eigenvalue weighted by Gasteiger charge is -2.36. The van der Waals surface area contributed by atoms with Crippen LogP contribution in [-0.4, -0.2) is 27.4 Å². The van der Waals surface area contributed by atoms with E-state index in [0.717, 1.165) is 18.5 Å². The van der Waals surface area contributed by atoms with Gasteiger partial charge in [-0.25, -0.2) is 4.98 Å². The van der Waals surface area contributed by atoms with Crippen molar-refractivity contribution in [2.75, 3.05) is 5.75 Å². The van der Waals surface area contributed by atoms with Crippen molar-refractivity contribution in [2.24, 2.45) is 17.8 Å². The molecule has 32 heavy (non-hydrogen) atoms. The van der Waals surface area contributed by atoms with Crippen molar-refractivity contribution in [3.05, 3.63) is 65.0 Å². The van der Waals surface area contributed by atoms with E-state index in [-0.39, 0.29) is 23.4 Å². The van der Waals surface area contributed by atoms with Crippen molar-refractivity contribution >= 4 is 28.6 Å². The first-order valence-electron chi connectivity index (χ1n) is 11.3. The minimum Gasteiger partial charge on any atom is -0.461 e. The predicted octanol–water partition coefficient (Wildman–Crippen LogP) is 5.48. The van der Waals surface area contributed by atoms with E-state index in [9.17, 15) is 9.59 Å². The normalized spacial score (nSPS) is 21.1. The summed E-state index contributed by atoms with van der Waals surface area (Å²) >= 11 is 1.26. The minimum atomic E-state index is -0.248. The fourth-order valence-electron chi connectivity index (χ4n) is 4.59. The summed E-state index contributed by atoms with van der Waals surface area (Å²) < 4.78 is 7.53. The molecule has 1 aromatic heterocycles. The molecule has 6 heteroatoms. The first-order valence-corrected chi connectivity index (χ1v) is 12.3. The van der Waals surface area contributed by atoms with E-state index >= 15 is 0 Å². The van der Waals surface area contributed by atoms with Gasteiger partial charge in [0, 0.05) is 0 Å². The standard InChI is InChI=1S/C26H30N2O3S/c1-17(2)20-14-13-18(3)15-23(20)31-24(29)16-32-26-27-22-12-8-7-11-21(22)25(30)28(26)19-9-5-4-6-10-19/h4-12,17-18,20,23H,13-16H2,1-3H3/t18-,20+,23-/m1/s1. The van der Waals surface area contributed by atoms with Crippen molar-refractivity contribution in [1.29, 1.82) is 0 Å². The van der Waals surface area contributed by atoms with Gasteiger partial charge in [-0.1, -0.05) is 69.3 Å². The first kappa shape index (κ1) is 22.6. The fraction of sp³-hybridized carbons (Fsp3) is 0.423. The van der Waals surface area contributed by atoms with Crippen LogP contribution < -0.4 is 5.56 Å². The van der Waals surface area contributed by atoms with Crippen molar-refractivity contribution in [2.45, 2.75) is 51.3 Å². The maximum atomic E-state index is 13.3. The van der Waals surface area contributed by atoms with Crippen LogP contribution in [0.4, 0.5) is 0 Å². The van der Waals surface area contributed by atoms with E-state index in [1.165, 1.54) is 18.2 Å². The third-order valence-corrected chi connectivity index (χ3v) is 7.23. The molecule has 0 amide bonds. The topological polar surface area (TPSA) is 61.2 Å². The molecule has 3 atom stereocenters. The van der Waals surface area contributed by atoms with Gasteiger partial charge >= 0.3 is 5.97 Å². The summed E-state index contributed by atoms with van der Waals surface area (Å²) in [4.78, 5) is 30.8. The molecule has 0 aliphatic heterocycles. The van der Waals surface area contributed by atoms with Crippen molar-refractivity contribution < 1.29 is 9.53 Å². The van der Waals surface area contributed by atoms with E-state index in [1.807, 2.05) is 48.5 Å². The number of carbonyl (C=O) groups excluding carboxylic acids is 1. The maximum Gasteiger partial charge on any atom is 0.316 e. The average molecular weight is 451 g/mol. The molecular formula is C26H30N2O3S. The van der Waals surface area contributed by atoms with Crippen LogP contribution in [0.1, 0.15) is 40.0 Å². The second-order valence-corrected chi connectivity index (χ2v) is 9.97. The number of para-hydroxylation sites is 2. The van der Waals surface area contributed by atoms with E-state index in [2.05, 4.69) is 20.8 Å². The number of rotatable bonds is 6. The van der Waals surface area contributed by atoms with Gasteiger partial charge in [0.25, 0.3) is 5.56 Å². The summed E-state index contributed by atoms with van der Waals surface area (Å²) in [6.45, 7) is 6.63. The van der Waals surface area contributed by atoms with Gasteiger partial charge < -0.3 is 4.74 Å². The molecule has 0 unspecified atom stereocenters. The number of ether oxygens (including phenoxy) is 1. The Morgan fingerprint density at radius 2 is 1.84 bits per heavy atom. The van der Waals surface area contributed by atoms with Crippen LogP contribution >= 0.6 is 11.8 Å². The Bertz CT molecular complexity index is 1140. The first-order chi connectivity index (χ1) is 15.4. The van der Waals surface area contributed by atoms with Crippen molar-refractivity contribution in [1.82, 2.24) is 9.55 Å². The van der Waals surface area contributed by atoms with Crippen LogP contribution in [0.15, 0.2) is 64.5 Å². The Kier molecular flexibility index (Phi) is 6.99. The number of fused-ring (bicyclic) bond motifs is 1. The van der Waals surface area contributed by atoms with Crippen LogP contribution in [0.2, 0.25) is 0 Å². The van der Waals surface area contributed by atoms with Gasteiger partial charge in [-0.2, -0.15) is 0 Å². The van der Waals surface area contributed by atoms with Crippen LogP contribution in [0.3, 0.4) is 0 Å². The van der Waals surface area contributed by atoms with E-state index in [1.54, 1.807) is 10.6 Å². The summed E-state index contributed by atoms with van der Waals surface area (Å²) in [6.07, 6.45) is 3.18. The third-order valence-electron chi connectivity index (χ3n) is 6.32. The van der Waals surface area contributed by atoms with Gasteiger partial charge in [0.1, 0.15) is 6.10 Å². The lowest BCUT2D eigenvalue weighted by molar-refractivity contribution is -0.152. The van der Waals surface area contributed by atoms with Gasteiger partial charge in [0.05, 0.1) is 22.3 Å². The third kappa shape index (κ3) is 4.90. The fourth-order valence-corrected chi connectivity index (χ4v) is 5.39. The highest BCUT2D eigenvalue weighted by molar-refractivity contribution is 7.99. The molecule has 0 spiro atoms. The van der Waals surface area contributed by atoms with Crippen LogP contribution in [0.5, 0.6) is 0 Å². The lowest BCUT2D eigenvalue weighted by Crippen LogP contribution is -2.36. The molecule has 1 heterocycles. The number of aromatic nitrogens is 2.